The summed E-state index contributed by atoms with van der Waals surface area (Å²) < 4.78 is 5.11. The van der Waals surface area contributed by atoms with Crippen molar-refractivity contribution < 1.29 is 9.53 Å². The lowest BCUT2D eigenvalue weighted by Crippen LogP contribution is -2.07. The van der Waals surface area contributed by atoms with Crippen molar-refractivity contribution in [2.45, 2.75) is 6.61 Å². The number of benzene rings is 1. The van der Waals surface area contributed by atoms with Crippen LogP contribution in [-0.4, -0.2) is 11.0 Å². The first-order chi connectivity index (χ1) is 8.65. The quantitative estimate of drug-likeness (QED) is 0.805. The summed E-state index contributed by atoms with van der Waals surface area (Å²) in [6.45, 7) is 0.146. The van der Waals surface area contributed by atoms with Crippen LogP contribution in [0.4, 0.5) is 0 Å². The van der Waals surface area contributed by atoms with Crippen LogP contribution >= 0.6 is 23.2 Å². The van der Waals surface area contributed by atoms with Gasteiger partial charge in [0.25, 0.3) is 0 Å². The zero-order chi connectivity index (χ0) is 13.0. The number of hydrogen-bond acceptors (Lipinski definition) is 3. The molecule has 2 rings (SSSR count). The van der Waals surface area contributed by atoms with E-state index in [2.05, 4.69) is 4.98 Å². The van der Waals surface area contributed by atoms with Crippen molar-refractivity contribution in [3.05, 3.63) is 63.9 Å². The number of carbonyl (C=O) groups is 1. The molecule has 0 N–H and O–H groups in total. The molecule has 18 heavy (non-hydrogen) atoms. The summed E-state index contributed by atoms with van der Waals surface area (Å²) >= 11 is 11.6. The molecule has 0 bridgehead atoms. The van der Waals surface area contributed by atoms with Gasteiger partial charge in [0.05, 0.1) is 0 Å². The number of hydrogen-bond donors (Lipinski definition) is 0. The van der Waals surface area contributed by atoms with Gasteiger partial charge in [-0.05, 0) is 29.8 Å². The van der Waals surface area contributed by atoms with Gasteiger partial charge in [0.1, 0.15) is 12.3 Å². The number of aromatic nitrogens is 1. The van der Waals surface area contributed by atoms with Gasteiger partial charge in [-0.1, -0.05) is 35.3 Å². The van der Waals surface area contributed by atoms with Gasteiger partial charge in [-0.3, -0.25) is 0 Å². The highest BCUT2D eigenvalue weighted by atomic mass is 35.5. The van der Waals surface area contributed by atoms with E-state index in [0.717, 1.165) is 5.56 Å². The Morgan fingerprint density at radius 2 is 1.94 bits per heavy atom. The summed E-state index contributed by atoms with van der Waals surface area (Å²) in [5.74, 6) is -0.516. The van der Waals surface area contributed by atoms with Crippen LogP contribution in [0.5, 0.6) is 0 Å². The molecule has 0 aliphatic heterocycles. The van der Waals surface area contributed by atoms with E-state index in [1.807, 2.05) is 6.07 Å². The Bertz CT molecular complexity index is 572. The van der Waals surface area contributed by atoms with Gasteiger partial charge in [-0.25, -0.2) is 9.78 Å². The number of ether oxygens (including phenoxy) is 1. The molecule has 3 nitrogen and oxygen atoms in total. The van der Waals surface area contributed by atoms with E-state index in [9.17, 15) is 4.79 Å². The van der Waals surface area contributed by atoms with E-state index >= 15 is 0 Å². The van der Waals surface area contributed by atoms with Crippen molar-refractivity contribution in [1.29, 1.82) is 0 Å². The Labute approximate surface area is 114 Å². The normalized spacial score (nSPS) is 10.1. The average molecular weight is 282 g/mol. The zero-order valence-corrected chi connectivity index (χ0v) is 10.8. The molecule has 0 fully saturated rings. The maximum absolute atomic E-state index is 11.7. The number of rotatable bonds is 3. The molecular formula is C13H9Cl2NO2. The first-order valence-electron chi connectivity index (χ1n) is 5.18. The molecule has 0 saturated heterocycles. The summed E-state index contributed by atoms with van der Waals surface area (Å²) in [6, 6.07) is 10.2. The Morgan fingerprint density at radius 1 is 1.17 bits per heavy atom. The maximum Gasteiger partial charge on any atom is 0.357 e. The molecule has 92 valence electrons. The Morgan fingerprint density at radius 3 is 2.67 bits per heavy atom. The first kappa shape index (κ1) is 12.9. The van der Waals surface area contributed by atoms with Crippen LogP contribution < -0.4 is 0 Å². The van der Waals surface area contributed by atoms with Crippen LogP contribution in [0.2, 0.25) is 10.0 Å². The molecule has 1 aromatic carbocycles. The fraction of sp³-hybridized carbons (Fsp3) is 0.0769. The molecule has 5 heteroatoms. The highest BCUT2D eigenvalue weighted by Crippen LogP contribution is 2.13. The van der Waals surface area contributed by atoms with Crippen LogP contribution in [0, 0.1) is 0 Å². The Balaban J connectivity index is 2.00. The largest absolute Gasteiger partial charge is 0.456 e. The number of halogens is 2. The number of esters is 1. The second kappa shape index (κ2) is 5.85. The lowest BCUT2D eigenvalue weighted by atomic mass is 10.2. The SMILES string of the molecule is O=C(OCc1cccc(Cl)c1)c1cc(Cl)ccn1. The second-order valence-corrected chi connectivity index (χ2v) is 4.44. The van der Waals surface area contributed by atoms with Crippen LogP contribution in [0.25, 0.3) is 0 Å². The average Bonchev–Trinajstić information content (AvgIpc) is 2.36. The summed E-state index contributed by atoms with van der Waals surface area (Å²) in [6.07, 6.45) is 1.46. The molecule has 1 aromatic heterocycles. The van der Waals surface area contributed by atoms with Crippen molar-refractivity contribution in [3.63, 3.8) is 0 Å². The second-order valence-electron chi connectivity index (χ2n) is 3.57. The third-order valence-corrected chi connectivity index (χ3v) is 2.66. The number of pyridine rings is 1. The Kier molecular flexibility index (Phi) is 4.18. The van der Waals surface area contributed by atoms with Crippen LogP contribution in [-0.2, 0) is 11.3 Å². The molecule has 0 saturated carbocycles. The molecule has 0 atom stereocenters. The van der Waals surface area contributed by atoms with Crippen LogP contribution in [0.1, 0.15) is 16.1 Å². The van der Waals surface area contributed by atoms with Crippen molar-refractivity contribution in [2.24, 2.45) is 0 Å². The smallest absolute Gasteiger partial charge is 0.357 e. The standard InChI is InChI=1S/C13H9Cl2NO2/c14-10-3-1-2-9(6-10)8-18-13(17)12-7-11(15)4-5-16-12/h1-7H,8H2. The van der Waals surface area contributed by atoms with Gasteiger partial charge in [-0.15, -0.1) is 0 Å². The molecule has 1 heterocycles. The zero-order valence-electron chi connectivity index (χ0n) is 9.27. The van der Waals surface area contributed by atoms with Gasteiger partial charge in [0.15, 0.2) is 0 Å². The predicted octanol–water partition coefficient (Wildman–Crippen LogP) is 3.75. The minimum absolute atomic E-state index is 0.146. The highest BCUT2D eigenvalue weighted by molar-refractivity contribution is 6.31. The van der Waals surface area contributed by atoms with Crippen LogP contribution in [0.3, 0.4) is 0 Å². The maximum atomic E-state index is 11.7. The van der Waals surface area contributed by atoms with Crippen molar-refractivity contribution in [1.82, 2.24) is 4.98 Å². The minimum atomic E-state index is -0.516. The van der Waals surface area contributed by atoms with Gasteiger partial charge in [0.2, 0.25) is 0 Å². The molecule has 0 aliphatic rings. The fourth-order valence-corrected chi connectivity index (χ4v) is 1.74. The van der Waals surface area contributed by atoms with Gasteiger partial charge in [0, 0.05) is 16.2 Å². The molecule has 0 aliphatic carbocycles. The highest BCUT2D eigenvalue weighted by Gasteiger charge is 2.09. The lowest BCUT2D eigenvalue weighted by molar-refractivity contribution is 0.0466. The molecule has 0 radical (unpaired) electrons. The number of carbonyl (C=O) groups excluding carboxylic acids is 1. The molecule has 0 unspecified atom stereocenters. The van der Waals surface area contributed by atoms with E-state index in [0.29, 0.717) is 10.0 Å². The van der Waals surface area contributed by atoms with Crippen LogP contribution in [0.15, 0.2) is 42.6 Å². The molecule has 0 amide bonds. The molecular weight excluding hydrogens is 273 g/mol. The summed E-state index contributed by atoms with van der Waals surface area (Å²) in [7, 11) is 0. The van der Waals surface area contributed by atoms with Gasteiger partial charge >= 0.3 is 5.97 Å². The monoisotopic (exact) mass is 281 g/mol. The predicted molar refractivity (Wildman–Crippen MR) is 69.8 cm³/mol. The number of nitrogens with zero attached hydrogens (tertiary/aromatic N) is 1. The first-order valence-corrected chi connectivity index (χ1v) is 5.94. The minimum Gasteiger partial charge on any atom is -0.456 e. The third kappa shape index (κ3) is 3.45. The fourth-order valence-electron chi connectivity index (χ4n) is 1.37. The Hall–Kier alpha value is -1.58. The van der Waals surface area contributed by atoms with Gasteiger partial charge < -0.3 is 4.74 Å². The van der Waals surface area contributed by atoms with E-state index in [-0.39, 0.29) is 12.3 Å². The summed E-state index contributed by atoms with van der Waals surface area (Å²) in [5, 5.41) is 1.05. The lowest BCUT2D eigenvalue weighted by Gasteiger charge is -2.04. The van der Waals surface area contributed by atoms with Crippen molar-refractivity contribution >= 4 is 29.2 Å². The summed E-state index contributed by atoms with van der Waals surface area (Å²) in [4.78, 5) is 15.6. The van der Waals surface area contributed by atoms with Gasteiger partial charge in [-0.2, -0.15) is 0 Å². The summed E-state index contributed by atoms with van der Waals surface area (Å²) in [5.41, 5.74) is 1.00. The molecule has 0 spiro atoms. The third-order valence-electron chi connectivity index (χ3n) is 2.19. The van der Waals surface area contributed by atoms with Crippen molar-refractivity contribution in [3.8, 4) is 0 Å². The molecule has 2 aromatic rings. The van der Waals surface area contributed by atoms with E-state index in [1.54, 1.807) is 24.3 Å². The topological polar surface area (TPSA) is 39.2 Å². The van der Waals surface area contributed by atoms with E-state index in [1.165, 1.54) is 12.3 Å². The van der Waals surface area contributed by atoms with E-state index in [4.69, 9.17) is 27.9 Å². The van der Waals surface area contributed by atoms with Crippen molar-refractivity contribution in [2.75, 3.05) is 0 Å². The van der Waals surface area contributed by atoms with E-state index < -0.39 is 5.97 Å².